The van der Waals surface area contributed by atoms with E-state index in [4.69, 9.17) is 9.47 Å². The summed E-state index contributed by atoms with van der Waals surface area (Å²) in [6.07, 6.45) is 8.30. The van der Waals surface area contributed by atoms with Gasteiger partial charge in [0, 0.05) is 24.2 Å². The Kier molecular flexibility index (Phi) is 8.17. The van der Waals surface area contributed by atoms with Crippen LogP contribution in [0.4, 0.5) is 4.39 Å². The number of H-pyrrole nitrogens is 1. The summed E-state index contributed by atoms with van der Waals surface area (Å²) in [6.45, 7) is 3.62. The van der Waals surface area contributed by atoms with Crippen LogP contribution in [0.15, 0.2) is 41.5 Å². The maximum Gasteiger partial charge on any atom is 0.308 e. The molecule has 5 rings (SSSR count). The number of rotatable bonds is 7. The Hall–Kier alpha value is -3.53. The van der Waals surface area contributed by atoms with Gasteiger partial charge in [-0.1, -0.05) is 6.42 Å². The molecule has 1 aliphatic carbocycles. The van der Waals surface area contributed by atoms with Crippen LogP contribution >= 0.6 is 0 Å². The van der Waals surface area contributed by atoms with Gasteiger partial charge < -0.3 is 19.0 Å². The molecule has 10 heteroatoms. The predicted molar refractivity (Wildman–Crippen MR) is 139 cm³/mol. The third-order valence-electron chi connectivity index (χ3n) is 7.59. The highest BCUT2D eigenvalue weighted by atomic mass is 19.1. The van der Waals surface area contributed by atoms with Crippen molar-refractivity contribution in [3.05, 3.63) is 53.5 Å². The first-order chi connectivity index (χ1) is 18.5. The maximum atomic E-state index is 13.4. The molecule has 1 N–H and O–H groups in total. The van der Waals surface area contributed by atoms with Crippen molar-refractivity contribution in [2.75, 3.05) is 33.4 Å². The smallest absolute Gasteiger partial charge is 0.308 e. The van der Waals surface area contributed by atoms with E-state index in [-0.39, 0.29) is 17.9 Å². The molecule has 3 heterocycles. The van der Waals surface area contributed by atoms with Gasteiger partial charge >= 0.3 is 5.97 Å². The number of methoxy groups -OCH3 is 1. The number of carbonyl (C=O) groups is 2. The van der Waals surface area contributed by atoms with Crippen molar-refractivity contribution in [3.8, 4) is 5.88 Å². The van der Waals surface area contributed by atoms with Gasteiger partial charge in [-0.05, 0) is 75.9 Å². The number of benzene rings is 1. The third-order valence-corrected chi connectivity index (χ3v) is 7.59. The lowest BCUT2D eigenvalue weighted by Gasteiger charge is -2.28. The zero-order chi connectivity index (χ0) is 26.5. The van der Waals surface area contributed by atoms with Crippen LogP contribution in [0.2, 0.25) is 0 Å². The summed E-state index contributed by atoms with van der Waals surface area (Å²) in [4.78, 5) is 39.5. The second-order valence-corrected chi connectivity index (χ2v) is 10.1. The van der Waals surface area contributed by atoms with Gasteiger partial charge in [0.2, 0.25) is 11.5 Å². The van der Waals surface area contributed by atoms with Crippen molar-refractivity contribution in [3.63, 3.8) is 0 Å². The molecule has 0 atom stereocenters. The molecule has 2 aliphatic rings. The van der Waals surface area contributed by atoms with Crippen LogP contribution < -0.4 is 10.4 Å². The third kappa shape index (κ3) is 5.96. The Morgan fingerprint density at radius 3 is 2.55 bits per heavy atom. The highest BCUT2D eigenvalue weighted by molar-refractivity contribution is 5.94. The number of aromatic nitrogens is 3. The molecule has 1 aliphatic heterocycles. The van der Waals surface area contributed by atoms with E-state index in [1.165, 1.54) is 50.6 Å². The largest absolute Gasteiger partial charge is 0.476 e. The van der Waals surface area contributed by atoms with Gasteiger partial charge in [0.15, 0.2) is 0 Å². The van der Waals surface area contributed by atoms with Crippen LogP contribution in [0.1, 0.15) is 61.3 Å². The number of nitrogens with zero attached hydrogens (tertiary/aromatic N) is 4. The minimum atomic E-state index is -0.473. The average molecular weight is 524 g/mol. The van der Waals surface area contributed by atoms with E-state index < -0.39 is 11.7 Å². The van der Waals surface area contributed by atoms with E-state index in [0.717, 1.165) is 43.5 Å². The Morgan fingerprint density at radius 1 is 1.11 bits per heavy atom. The summed E-state index contributed by atoms with van der Waals surface area (Å²) in [5, 5.41) is 0. The predicted octanol–water partition coefficient (Wildman–Crippen LogP) is 4.01. The first-order valence-electron chi connectivity index (χ1n) is 13.4. The number of likely N-dealkylation sites (tertiary alicyclic amines) is 1. The van der Waals surface area contributed by atoms with E-state index in [0.29, 0.717) is 36.5 Å². The summed E-state index contributed by atoms with van der Waals surface area (Å²) in [5.74, 6) is -0.680. The summed E-state index contributed by atoms with van der Waals surface area (Å²) in [6, 6.07) is 7.24. The number of fused-ring (bicyclic) bond motifs is 1. The lowest BCUT2D eigenvalue weighted by atomic mass is 9.86. The molecule has 38 heavy (non-hydrogen) atoms. The summed E-state index contributed by atoms with van der Waals surface area (Å²) < 4.78 is 26.3. The van der Waals surface area contributed by atoms with Gasteiger partial charge in [-0.15, -0.1) is 0 Å². The molecule has 1 amide bonds. The quantitative estimate of drug-likeness (QED) is 0.470. The van der Waals surface area contributed by atoms with Crippen LogP contribution in [0.5, 0.6) is 5.88 Å². The SMILES string of the molecule is COC(=O)[C@H]1CC[C@@H](n2/c(=N/C(=O)c3ccc(F)cc3)[nH]c3cnc(OCCN4CCCCC4)cc32)CC1. The van der Waals surface area contributed by atoms with Gasteiger partial charge in [-0.2, -0.15) is 4.99 Å². The molecule has 0 unspecified atom stereocenters. The number of nitrogens with one attached hydrogen (secondary N) is 1. The van der Waals surface area contributed by atoms with Crippen molar-refractivity contribution >= 4 is 22.9 Å². The number of amides is 1. The normalized spacial score (nSPS) is 20.9. The van der Waals surface area contributed by atoms with Crippen LogP contribution in [-0.4, -0.2) is 64.7 Å². The minimum Gasteiger partial charge on any atom is -0.476 e. The van der Waals surface area contributed by atoms with Crippen molar-refractivity contribution in [2.45, 2.75) is 51.0 Å². The van der Waals surface area contributed by atoms with E-state index in [1.807, 2.05) is 10.6 Å². The number of aromatic amines is 1. The number of halogens is 1. The van der Waals surface area contributed by atoms with Crippen LogP contribution in [0, 0.1) is 11.7 Å². The van der Waals surface area contributed by atoms with E-state index in [1.54, 1.807) is 6.20 Å². The second kappa shape index (κ2) is 11.9. The molecule has 202 valence electrons. The fourth-order valence-electron chi connectivity index (χ4n) is 5.50. The summed E-state index contributed by atoms with van der Waals surface area (Å²) >= 11 is 0. The number of carbonyl (C=O) groups excluding carboxylic acids is 2. The number of hydrogen-bond acceptors (Lipinski definition) is 6. The standard InChI is InChI=1S/C28H34FN5O4/c1-37-27(36)20-7-11-22(12-8-20)34-24-17-25(38-16-15-33-13-3-2-4-14-33)30-18-23(24)31-28(34)32-26(35)19-5-9-21(29)10-6-19/h5-6,9-10,17-18,20,22H,2-4,7-8,11-16H2,1H3,(H,31,32,35)/t20-,22+. The Balaban J connectivity index is 1.43. The maximum absolute atomic E-state index is 13.4. The molecule has 9 nitrogen and oxygen atoms in total. The fourth-order valence-corrected chi connectivity index (χ4v) is 5.50. The molecule has 1 saturated carbocycles. The molecular formula is C28H34FN5O4. The number of pyridine rings is 1. The Labute approximate surface area is 220 Å². The number of hydrogen-bond donors (Lipinski definition) is 1. The highest BCUT2D eigenvalue weighted by Crippen LogP contribution is 2.34. The molecule has 1 aromatic carbocycles. The van der Waals surface area contributed by atoms with Crippen LogP contribution in [0.25, 0.3) is 11.0 Å². The van der Waals surface area contributed by atoms with E-state index in [2.05, 4.69) is 19.9 Å². The first kappa shape index (κ1) is 26.1. The number of ether oxygens (including phenoxy) is 2. The number of esters is 1. The molecule has 1 saturated heterocycles. The summed E-state index contributed by atoms with van der Waals surface area (Å²) in [7, 11) is 1.42. The summed E-state index contributed by atoms with van der Waals surface area (Å²) in [5.41, 5.74) is 2.25. The van der Waals surface area contributed by atoms with Crippen molar-refractivity contribution < 1.29 is 23.5 Å². The van der Waals surface area contributed by atoms with Gasteiger partial charge in [0.1, 0.15) is 12.4 Å². The van der Waals surface area contributed by atoms with Crippen molar-refractivity contribution in [1.82, 2.24) is 19.4 Å². The lowest BCUT2D eigenvalue weighted by Crippen LogP contribution is -2.33. The zero-order valence-electron chi connectivity index (χ0n) is 21.7. The molecule has 0 radical (unpaired) electrons. The van der Waals surface area contributed by atoms with Crippen molar-refractivity contribution in [2.24, 2.45) is 10.9 Å². The van der Waals surface area contributed by atoms with Crippen LogP contribution in [0.3, 0.4) is 0 Å². The molecule has 0 bridgehead atoms. The fraction of sp³-hybridized carbons (Fsp3) is 0.500. The van der Waals surface area contributed by atoms with Gasteiger partial charge in [0.05, 0.1) is 30.3 Å². The molecule has 2 fully saturated rings. The van der Waals surface area contributed by atoms with E-state index in [9.17, 15) is 14.0 Å². The average Bonchev–Trinajstić information content (AvgIpc) is 3.30. The van der Waals surface area contributed by atoms with Gasteiger partial charge in [-0.3, -0.25) is 14.5 Å². The highest BCUT2D eigenvalue weighted by Gasteiger charge is 2.29. The van der Waals surface area contributed by atoms with Crippen molar-refractivity contribution in [1.29, 1.82) is 0 Å². The molecular weight excluding hydrogens is 489 g/mol. The molecule has 3 aromatic rings. The molecule has 2 aromatic heterocycles. The number of piperidine rings is 1. The first-order valence-corrected chi connectivity index (χ1v) is 13.4. The minimum absolute atomic E-state index is 0.0213. The number of imidazole rings is 1. The second-order valence-electron chi connectivity index (χ2n) is 10.1. The van der Waals surface area contributed by atoms with E-state index >= 15 is 0 Å². The zero-order valence-corrected chi connectivity index (χ0v) is 21.7. The van der Waals surface area contributed by atoms with Crippen LogP contribution in [-0.2, 0) is 9.53 Å². The Morgan fingerprint density at radius 2 is 1.84 bits per heavy atom. The van der Waals surface area contributed by atoms with Gasteiger partial charge in [0.25, 0.3) is 5.91 Å². The monoisotopic (exact) mass is 523 g/mol. The Bertz CT molecular complexity index is 1340. The topological polar surface area (TPSA) is 102 Å². The van der Waals surface area contributed by atoms with Gasteiger partial charge in [-0.25, -0.2) is 9.37 Å². The lowest BCUT2D eigenvalue weighted by molar-refractivity contribution is -0.146. The molecule has 0 spiro atoms.